The second-order valence-corrected chi connectivity index (χ2v) is 6.99. The first-order valence-electron chi connectivity index (χ1n) is 6.51. The van der Waals surface area contributed by atoms with E-state index in [9.17, 15) is 18.3 Å². The number of hydrogen-bond donors (Lipinski definition) is 1. The average molecular weight is 304 g/mol. The second kappa shape index (κ2) is 6.54. The van der Waals surface area contributed by atoms with E-state index in [1.807, 2.05) is 0 Å². The molecule has 2 aromatic rings. The molecular formula is C16H16O4S. The molecule has 1 unspecified atom stereocenters. The Bertz CT molecular complexity index is 694. The van der Waals surface area contributed by atoms with E-state index < -0.39 is 21.1 Å². The van der Waals surface area contributed by atoms with Crippen LogP contribution in [0.5, 0.6) is 0 Å². The minimum absolute atomic E-state index is 0.0225. The summed E-state index contributed by atoms with van der Waals surface area (Å²) in [7, 11) is -3.77. The number of carboxylic acid groups (broad SMARTS) is 1. The maximum atomic E-state index is 12.4. The molecule has 0 spiro atoms. The molecule has 4 nitrogen and oxygen atoms in total. The maximum Gasteiger partial charge on any atom is 0.322 e. The second-order valence-electron chi connectivity index (χ2n) is 4.81. The third-order valence-corrected chi connectivity index (χ3v) is 5.15. The fourth-order valence-corrected chi connectivity index (χ4v) is 3.72. The number of hydrogen-bond acceptors (Lipinski definition) is 3. The Morgan fingerprint density at radius 3 is 1.86 bits per heavy atom. The molecule has 0 radical (unpaired) electrons. The third-order valence-electron chi connectivity index (χ3n) is 3.18. The zero-order valence-electron chi connectivity index (χ0n) is 11.3. The number of sulfone groups is 1. The summed E-state index contributed by atoms with van der Waals surface area (Å²) in [6, 6.07) is 17.4. The van der Waals surface area contributed by atoms with E-state index in [2.05, 4.69) is 0 Å². The lowest BCUT2D eigenvalue weighted by Crippen LogP contribution is -2.33. The van der Waals surface area contributed by atoms with Crippen molar-refractivity contribution in [2.24, 2.45) is 0 Å². The van der Waals surface area contributed by atoms with E-state index in [-0.39, 0.29) is 12.2 Å². The predicted molar refractivity (Wildman–Crippen MR) is 80.6 cm³/mol. The van der Waals surface area contributed by atoms with Crippen molar-refractivity contribution in [2.45, 2.75) is 17.4 Å². The summed E-state index contributed by atoms with van der Waals surface area (Å²) in [6.07, 6.45) is -0.0225. The van der Waals surface area contributed by atoms with Crippen LogP contribution in [0.2, 0.25) is 0 Å². The van der Waals surface area contributed by atoms with E-state index in [0.717, 1.165) is 0 Å². The highest BCUT2D eigenvalue weighted by atomic mass is 32.2. The minimum Gasteiger partial charge on any atom is -0.480 e. The fraction of sp³-hybridized carbons (Fsp3) is 0.188. The van der Waals surface area contributed by atoms with Crippen molar-refractivity contribution < 1.29 is 18.3 Å². The van der Waals surface area contributed by atoms with Gasteiger partial charge in [-0.1, -0.05) is 60.7 Å². The summed E-state index contributed by atoms with van der Waals surface area (Å²) < 4.78 is 24.7. The van der Waals surface area contributed by atoms with Crippen LogP contribution in [0.4, 0.5) is 0 Å². The van der Waals surface area contributed by atoms with Gasteiger partial charge in [0.2, 0.25) is 0 Å². The number of benzene rings is 2. The highest BCUT2D eigenvalue weighted by Gasteiger charge is 2.32. The molecule has 5 heteroatoms. The minimum atomic E-state index is -3.77. The van der Waals surface area contributed by atoms with Crippen LogP contribution in [-0.4, -0.2) is 24.7 Å². The Morgan fingerprint density at radius 1 is 0.905 bits per heavy atom. The lowest BCUT2D eigenvalue weighted by molar-refractivity contribution is -0.136. The quantitative estimate of drug-likeness (QED) is 0.889. The van der Waals surface area contributed by atoms with Gasteiger partial charge in [0.05, 0.1) is 5.75 Å². The normalized spacial score (nSPS) is 12.8. The van der Waals surface area contributed by atoms with Crippen LogP contribution in [0, 0.1) is 0 Å². The van der Waals surface area contributed by atoms with Gasteiger partial charge >= 0.3 is 5.97 Å². The van der Waals surface area contributed by atoms with Gasteiger partial charge in [0, 0.05) is 0 Å². The van der Waals surface area contributed by atoms with Crippen LogP contribution in [0.25, 0.3) is 0 Å². The first-order chi connectivity index (χ1) is 9.99. The molecule has 0 aromatic heterocycles. The molecule has 2 aromatic carbocycles. The molecule has 0 heterocycles. The summed E-state index contributed by atoms with van der Waals surface area (Å²) in [5, 5.41) is 7.84. The van der Waals surface area contributed by atoms with Crippen LogP contribution in [0.15, 0.2) is 60.7 Å². The molecule has 0 bridgehead atoms. The molecule has 0 aliphatic heterocycles. The highest BCUT2D eigenvalue weighted by molar-refractivity contribution is 7.92. The van der Waals surface area contributed by atoms with Crippen molar-refractivity contribution in [3.63, 3.8) is 0 Å². The lowest BCUT2D eigenvalue weighted by Gasteiger charge is -2.13. The van der Waals surface area contributed by atoms with Crippen molar-refractivity contribution in [1.29, 1.82) is 0 Å². The van der Waals surface area contributed by atoms with Crippen molar-refractivity contribution in [3.8, 4) is 0 Å². The van der Waals surface area contributed by atoms with E-state index in [1.165, 1.54) is 0 Å². The van der Waals surface area contributed by atoms with E-state index in [0.29, 0.717) is 11.1 Å². The van der Waals surface area contributed by atoms with Crippen LogP contribution in [0.3, 0.4) is 0 Å². The standard InChI is InChI=1S/C16H16O4S/c17-16(18)15(11-13-7-3-1-4-8-13)21(19,20)12-14-9-5-2-6-10-14/h1-10,15H,11-12H2,(H,17,18). The summed E-state index contributed by atoms with van der Waals surface area (Å²) in [6.45, 7) is 0. The highest BCUT2D eigenvalue weighted by Crippen LogP contribution is 2.16. The van der Waals surface area contributed by atoms with E-state index in [4.69, 9.17) is 0 Å². The monoisotopic (exact) mass is 304 g/mol. The molecule has 110 valence electrons. The van der Waals surface area contributed by atoms with Gasteiger partial charge in [-0.05, 0) is 17.5 Å². The van der Waals surface area contributed by atoms with Crippen LogP contribution in [0.1, 0.15) is 11.1 Å². The number of aliphatic carboxylic acids is 1. The largest absolute Gasteiger partial charge is 0.480 e. The van der Waals surface area contributed by atoms with Crippen molar-refractivity contribution in [3.05, 3.63) is 71.8 Å². The van der Waals surface area contributed by atoms with E-state index >= 15 is 0 Å². The Kier molecular flexibility index (Phi) is 4.75. The first kappa shape index (κ1) is 15.3. The first-order valence-corrected chi connectivity index (χ1v) is 8.23. The molecule has 2 rings (SSSR count). The predicted octanol–water partition coefficient (Wildman–Crippen LogP) is 2.30. The van der Waals surface area contributed by atoms with Gasteiger partial charge in [0.25, 0.3) is 0 Å². The molecule has 0 aliphatic carbocycles. The summed E-state index contributed by atoms with van der Waals surface area (Å²) >= 11 is 0. The lowest BCUT2D eigenvalue weighted by atomic mass is 10.1. The van der Waals surface area contributed by atoms with Crippen molar-refractivity contribution >= 4 is 15.8 Å². The van der Waals surface area contributed by atoms with E-state index in [1.54, 1.807) is 60.7 Å². The average Bonchev–Trinajstić information content (AvgIpc) is 2.46. The van der Waals surface area contributed by atoms with Gasteiger partial charge in [0.15, 0.2) is 15.1 Å². The molecule has 1 N–H and O–H groups in total. The van der Waals surface area contributed by atoms with Gasteiger partial charge < -0.3 is 5.11 Å². The Hall–Kier alpha value is -2.14. The Morgan fingerprint density at radius 2 is 1.38 bits per heavy atom. The third kappa shape index (κ3) is 4.16. The molecule has 0 saturated heterocycles. The number of carboxylic acids is 1. The van der Waals surface area contributed by atoms with Gasteiger partial charge in [-0.25, -0.2) is 8.42 Å². The van der Waals surface area contributed by atoms with Crippen LogP contribution in [-0.2, 0) is 26.8 Å². The molecule has 0 aliphatic rings. The Labute approximate surface area is 124 Å². The molecule has 0 fully saturated rings. The fourth-order valence-electron chi connectivity index (χ4n) is 2.10. The Balaban J connectivity index is 2.23. The smallest absolute Gasteiger partial charge is 0.322 e. The van der Waals surface area contributed by atoms with Crippen molar-refractivity contribution in [2.75, 3.05) is 0 Å². The van der Waals surface area contributed by atoms with Crippen molar-refractivity contribution in [1.82, 2.24) is 0 Å². The van der Waals surface area contributed by atoms with Gasteiger partial charge in [-0.15, -0.1) is 0 Å². The zero-order chi connectivity index (χ0) is 15.3. The van der Waals surface area contributed by atoms with Crippen LogP contribution >= 0.6 is 0 Å². The number of rotatable bonds is 6. The molecule has 0 amide bonds. The number of carbonyl (C=O) groups is 1. The SMILES string of the molecule is O=C(O)C(Cc1ccccc1)S(=O)(=O)Cc1ccccc1. The molecule has 1 atom stereocenters. The molecule has 21 heavy (non-hydrogen) atoms. The molecular weight excluding hydrogens is 288 g/mol. The maximum absolute atomic E-state index is 12.4. The summed E-state index contributed by atoms with van der Waals surface area (Å²) in [4.78, 5) is 11.4. The van der Waals surface area contributed by atoms with Gasteiger partial charge in [-0.2, -0.15) is 0 Å². The molecule has 0 saturated carbocycles. The zero-order valence-corrected chi connectivity index (χ0v) is 12.2. The topological polar surface area (TPSA) is 71.4 Å². The summed E-state index contributed by atoms with van der Waals surface area (Å²) in [5.41, 5.74) is 1.29. The summed E-state index contributed by atoms with van der Waals surface area (Å²) in [5.74, 6) is -1.58. The van der Waals surface area contributed by atoms with Gasteiger partial charge in [-0.3, -0.25) is 4.79 Å². The van der Waals surface area contributed by atoms with Crippen LogP contribution < -0.4 is 0 Å². The van der Waals surface area contributed by atoms with Gasteiger partial charge in [0.1, 0.15) is 0 Å².